The highest BCUT2D eigenvalue weighted by atomic mass is 32.1. The van der Waals surface area contributed by atoms with Crippen LogP contribution in [0.1, 0.15) is 11.3 Å². The minimum Gasteiger partial charge on any atom is -0.393 e. The SMILES string of the molecule is Cc1ccc2nc(CC(N)=S)cn2c1. The molecule has 14 heavy (non-hydrogen) atoms. The summed E-state index contributed by atoms with van der Waals surface area (Å²) in [6.07, 6.45) is 4.56. The Morgan fingerprint density at radius 1 is 1.50 bits per heavy atom. The van der Waals surface area contributed by atoms with Gasteiger partial charge in [-0.1, -0.05) is 18.3 Å². The van der Waals surface area contributed by atoms with E-state index in [1.54, 1.807) is 0 Å². The van der Waals surface area contributed by atoms with Crippen molar-refractivity contribution in [1.82, 2.24) is 9.38 Å². The van der Waals surface area contributed by atoms with Crippen molar-refractivity contribution in [2.75, 3.05) is 0 Å². The fraction of sp³-hybridized carbons (Fsp3) is 0.200. The number of aromatic nitrogens is 2. The van der Waals surface area contributed by atoms with Gasteiger partial charge in [0, 0.05) is 18.8 Å². The number of pyridine rings is 1. The van der Waals surface area contributed by atoms with E-state index in [-0.39, 0.29) is 0 Å². The summed E-state index contributed by atoms with van der Waals surface area (Å²) >= 11 is 4.84. The Hall–Kier alpha value is -1.42. The molecular formula is C10H11N3S. The maximum atomic E-state index is 5.46. The quantitative estimate of drug-likeness (QED) is 0.755. The predicted molar refractivity (Wildman–Crippen MR) is 60.4 cm³/mol. The smallest absolute Gasteiger partial charge is 0.137 e. The minimum absolute atomic E-state index is 0.477. The Labute approximate surface area is 87.6 Å². The molecule has 0 atom stereocenters. The van der Waals surface area contributed by atoms with Gasteiger partial charge in [-0.05, 0) is 18.6 Å². The average Bonchev–Trinajstić information content (AvgIpc) is 2.44. The lowest BCUT2D eigenvalue weighted by Crippen LogP contribution is -2.11. The van der Waals surface area contributed by atoms with Crippen molar-refractivity contribution in [1.29, 1.82) is 0 Å². The summed E-state index contributed by atoms with van der Waals surface area (Å²) in [6.45, 7) is 2.05. The highest BCUT2D eigenvalue weighted by Crippen LogP contribution is 2.07. The molecule has 2 aromatic rings. The summed E-state index contributed by atoms with van der Waals surface area (Å²) < 4.78 is 1.99. The van der Waals surface area contributed by atoms with Crippen molar-refractivity contribution >= 4 is 22.9 Å². The van der Waals surface area contributed by atoms with Gasteiger partial charge in [0.1, 0.15) is 5.65 Å². The molecule has 0 aromatic carbocycles. The molecule has 4 heteroatoms. The van der Waals surface area contributed by atoms with Crippen LogP contribution in [0.2, 0.25) is 0 Å². The Bertz CT molecular complexity index is 487. The van der Waals surface area contributed by atoms with Gasteiger partial charge in [0.2, 0.25) is 0 Å². The topological polar surface area (TPSA) is 43.3 Å². The van der Waals surface area contributed by atoms with Gasteiger partial charge in [0.05, 0.1) is 10.7 Å². The second kappa shape index (κ2) is 3.38. The summed E-state index contributed by atoms with van der Waals surface area (Å²) in [4.78, 5) is 4.87. The number of hydrogen-bond donors (Lipinski definition) is 1. The zero-order chi connectivity index (χ0) is 10.1. The average molecular weight is 205 g/mol. The molecule has 2 heterocycles. The van der Waals surface area contributed by atoms with Crippen LogP contribution >= 0.6 is 12.2 Å². The molecule has 0 saturated carbocycles. The highest BCUT2D eigenvalue weighted by molar-refractivity contribution is 7.80. The maximum absolute atomic E-state index is 5.46. The molecule has 2 aromatic heterocycles. The largest absolute Gasteiger partial charge is 0.393 e. The summed E-state index contributed by atoms with van der Waals surface area (Å²) in [5, 5.41) is 0. The number of hydrogen-bond acceptors (Lipinski definition) is 2. The fourth-order valence-electron chi connectivity index (χ4n) is 1.42. The minimum atomic E-state index is 0.477. The third-order valence-electron chi connectivity index (χ3n) is 2.00. The molecule has 72 valence electrons. The van der Waals surface area contributed by atoms with Crippen molar-refractivity contribution in [3.8, 4) is 0 Å². The van der Waals surface area contributed by atoms with Crippen LogP contribution in [0, 0.1) is 6.92 Å². The lowest BCUT2D eigenvalue weighted by atomic mass is 10.3. The van der Waals surface area contributed by atoms with E-state index < -0.39 is 0 Å². The van der Waals surface area contributed by atoms with Crippen LogP contribution in [0.3, 0.4) is 0 Å². The molecule has 0 aliphatic heterocycles. The van der Waals surface area contributed by atoms with Gasteiger partial charge < -0.3 is 10.1 Å². The molecule has 2 N–H and O–H groups in total. The second-order valence-corrected chi connectivity index (χ2v) is 3.87. The van der Waals surface area contributed by atoms with Crippen molar-refractivity contribution in [2.24, 2.45) is 5.73 Å². The van der Waals surface area contributed by atoms with Crippen LogP contribution in [0.4, 0.5) is 0 Å². The van der Waals surface area contributed by atoms with E-state index in [9.17, 15) is 0 Å². The van der Waals surface area contributed by atoms with Gasteiger partial charge in [-0.2, -0.15) is 0 Å². The van der Waals surface area contributed by atoms with E-state index >= 15 is 0 Å². The van der Waals surface area contributed by atoms with Crippen molar-refractivity contribution in [3.63, 3.8) is 0 Å². The number of thiocarbonyl (C=S) groups is 1. The van der Waals surface area contributed by atoms with E-state index in [4.69, 9.17) is 18.0 Å². The number of nitrogens with zero attached hydrogens (tertiary/aromatic N) is 2. The molecule has 0 spiro atoms. The molecule has 0 amide bonds. The first kappa shape index (κ1) is 9.15. The molecule has 2 rings (SSSR count). The van der Waals surface area contributed by atoms with Crippen molar-refractivity contribution < 1.29 is 0 Å². The lowest BCUT2D eigenvalue weighted by molar-refractivity contribution is 1.15. The molecule has 0 bridgehead atoms. The predicted octanol–water partition coefficient (Wildman–Crippen LogP) is 1.47. The normalized spacial score (nSPS) is 10.6. The van der Waals surface area contributed by atoms with Gasteiger partial charge >= 0.3 is 0 Å². The Morgan fingerprint density at radius 3 is 3.00 bits per heavy atom. The summed E-state index contributed by atoms with van der Waals surface area (Å²) in [5.41, 5.74) is 8.52. The number of imidazole rings is 1. The van der Waals surface area contributed by atoms with E-state index in [2.05, 4.69) is 4.98 Å². The van der Waals surface area contributed by atoms with Crippen LogP contribution in [-0.2, 0) is 6.42 Å². The van der Waals surface area contributed by atoms with Crippen LogP contribution in [-0.4, -0.2) is 14.4 Å². The van der Waals surface area contributed by atoms with Gasteiger partial charge in [0.25, 0.3) is 0 Å². The summed E-state index contributed by atoms with van der Waals surface area (Å²) in [6, 6.07) is 4.02. The Morgan fingerprint density at radius 2 is 2.29 bits per heavy atom. The first-order chi connectivity index (χ1) is 6.65. The molecule has 0 saturated heterocycles. The zero-order valence-corrected chi connectivity index (χ0v) is 8.71. The van der Waals surface area contributed by atoms with Crippen LogP contribution in [0.25, 0.3) is 5.65 Å². The Kier molecular flexibility index (Phi) is 2.21. The second-order valence-electron chi connectivity index (χ2n) is 3.35. The monoisotopic (exact) mass is 205 g/mol. The Balaban J connectivity index is 2.46. The van der Waals surface area contributed by atoms with Crippen LogP contribution in [0.15, 0.2) is 24.5 Å². The number of rotatable bonds is 2. The van der Waals surface area contributed by atoms with Crippen molar-refractivity contribution in [3.05, 3.63) is 35.8 Å². The summed E-state index contributed by atoms with van der Waals surface area (Å²) in [5.74, 6) is 0. The van der Waals surface area contributed by atoms with Crippen LogP contribution in [0.5, 0.6) is 0 Å². The molecule has 0 radical (unpaired) electrons. The van der Waals surface area contributed by atoms with Crippen LogP contribution < -0.4 is 5.73 Å². The lowest BCUT2D eigenvalue weighted by Gasteiger charge is -1.93. The third-order valence-corrected chi connectivity index (χ3v) is 2.15. The zero-order valence-electron chi connectivity index (χ0n) is 7.90. The molecular weight excluding hydrogens is 194 g/mol. The third kappa shape index (κ3) is 1.75. The van der Waals surface area contributed by atoms with E-state index in [0.29, 0.717) is 11.4 Å². The molecule has 0 unspecified atom stereocenters. The molecule has 0 fully saturated rings. The van der Waals surface area contributed by atoms with E-state index in [0.717, 1.165) is 11.3 Å². The fourth-order valence-corrected chi connectivity index (χ4v) is 1.57. The first-order valence-electron chi connectivity index (χ1n) is 4.38. The van der Waals surface area contributed by atoms with E-state index in [1.165, 1.54) is 5.56 Å². The van der Waals surface area contributed by atoms with Gasteiger partial charge in [-0.25, -0.2) is 4.98 Å². The summed E-state index contributed by atoms with van der Waals surface area (Å²) in [7, 11) is 0. The van der Waals surface area contributed by atoms with E-state index in [1.807, 2.05) is 35.9 Å². The maximum Gasteiger partial charge on any atom is 0.137 e. The highest BCUT2D eigenvalue weighted by Gasteiger charge is 2.02. The number of aryl methyl sites for hydroxylation is 1. The van der Waals surface area contributed by atoms with Gasteiger partial charge in [-0.15, -0.1) is 0 Å². The molecule has 0 aliphatic carbocycles. The standard InChI is InChI=1S/C10H11N3S/c1-7-2-3-10-12-8(4-9(11)14)6-13(10)5-7/h2-3,5-6H,4H2,1H3,(H2,11,14). The molecule has 0 aliphatic rings. The number of fused-ring (bicyclic) bond motifs is 1. The first-order valence-corrected chi connectivity index (χ1v) is 4.78. The molecule has 3 nitrogen and oxygen atoms in total. The number of nitrogens with two attached hydrogens (primary N) is 1. The van der Waals surface area contributed by atoms with Crippen molar-refractivity contribution in [2.45, 2.75) is 13.3 Å². The van der Waals surface area contributed by atoms with Gasteiger partial charge in [-0.3, -0.25) is 0 Å². The van der Waals surface area contributed by atoms with Gasteiger partial charge in [0.15, 0.2) is 0 Å².